The van der Waals surface area contributed by atoms with Crippen molar-refractivity contribution in [3.63, 3.8) is 0 Å². The highest BCUT2D eigenvalue weighted by Crippen LogP contribution is 2.19. The third-order valence-corrected chi connectivity index (χ3v) is 2.79. The average molecular weight is 192 g/mol. The largest absolute Gasteiger partial charge is 1.00 e. The van der Waals surface area contributed by atoms with Crippen molar-refractivity contribution in [1.82, 2.24) is 0 Å². The molecule has 72 valence electrons. The molecule has 0 atom stereocenters. The third kappa shape index (κ3) is 2.68. The molecular weight excluding hydrogens is 174 g/mol. The second-order valence-corrected chi connectivity index (χ2v) is 3.15. The summed E-state index contributed by atoms with van der Waals surface area (Å²) in [5.74, 6) is 1.18. The van der Waals surface area contributed by atoms with Crippen LogP contribution in [0.4, 0.5) is 0 Å². The van der Waals surface area contributed by atoms with Gasteiger partial charge in [0.25, 0.3) is 0 Å². The molecule has 1 heterocycles. The van der Waals surface area contributed by atoms with Gasteiger partial charge in [0.2, 0.25) is 0 Å². The first-order valence-corrected chi connectivity index (χ1v) is 4.47. The van der Waals surface area contributed by atoms with Gasteiger partial charge >= 0.3 is 0 Å². The van der Waals surface area contributed by atoms with Crippen LogP contribution in [-0.4, -0.2) is 30.7 Å². The summed E-state index contributed by atoms with van der Waals surface area (Å²) in [5, 5.41) is 0. The fourth-order valence-electron chi connectivity index (χ4n) is 1.45. The monoisotopic (exact) mass is 191 g/mol. The molecule has 0 aromatic rings. The number of quaternary nitrogens is 1. The first kappa shape index (κ1) is 11.8. The fraction of sp³-hybridized carbons (Fsp3) is 0.778. The van der Waals surface area contributed by atoms with Crippen molar-refractivity contribution in [2.24, 2.45) is 0 Å². The predicted molar refractivity (Wildman–Crippen MR) is 45.9 cm³/mol. The standard InChI is InChI=1S/C9H18NO.ClH/c1-4-10(5-2,6-3)7-9-8-11-9;/h8H,4-7H2,1-3H3;1H/q+1;/p-1. The van der Waals surface area contributed by atoms with Crippen LogP contribution in [0, 0.1) is 0 Å². The van der Waals surface area contributed by atoms with Crippen molar-refractivity contribution in [1.29, 1.82) is 0 Å². The molecule has 0 aromatic heterocycles. The molecule has 0 unspecified atom stereocenters. The second kappa shape index (κ2) is 4.73. The number of rotatable bonds is 5. The zero-order valence-corrected chi connectivity index (χ0v) is 8.90. The number of halogens is 1. The van der Waals surface area contributed by atoms with Gasteiger partial charge in [0, 0.05) is 0 Å². The van der Waals surface area contributed by atoms with E-state index in [1.807, 2.05) is 6.26 Å². The smallest absolute Gasteiger partial charge is 0.192 e. The molecule has 0 fully saturated rings. The maximum Gasteiger partial charge on any atom is 0.192 e. The topological polar surface area (TPSA) is 12.5 Å². The SMILES string of the molecule is CC[N+](CC)(CC)CC1=CO1.[Cl-]. The summed E-state index contributed by atoms with van der Waals surface area (Å²) < 4.78 is 6.20. The van der Waals surface area contributed by atoms with Crippen LogP contribution in [0.3, 0.4) is 0 Å². The molecule has 1 rings (SSSR count). The zero-order chi connectivity index (χ0) is 8.32. The molecule has 0 saturated carbocycles. The van der Waals surface area contributed by atoms with Gasteiger partial charge in [-0.3, -0.25) is 0 Å². The maximum absolute atomic E-state index is 5.05. The van der Waals surface area contributed by atoms with Gasteiger partial charge in [0.1, 0.15) is 12.8 Å². The van der Waals surface area contributed by atoms with Crippen LogP contribution in [0.1, 0.15) is 20.8 Å². The Labute approximate surface area is 81.2 Å². The van der Waals surface area contributed by atoms with E-state index in [9.17, 15) is 0 Å². The van der Waals surface area contributed by atoms with Crippen LogP contribution >= 0.6 is 0 Å². The minimum atomic E-state index is 0. The Bertz CT molecular complexity index is 156. The van der Waals surface area contributed by atoms with Gasteiger partial charge < -0.3 is 21.6 Å². The van der Waals surface area contributed by atoms with E-state index >= 15 is 0 Å². The third-order valence-electron chi connectivity index (χ3n) is 2.79. The lowest BCUT2D eigenvalue weighted by Crippen LogP contribution is -3.00. The molecule has 0 aromatic carbocycles. The van der Waals surface area contributed by atoms with Gasteiger partial charge in [-0.2, -0.15) is 0 Å². The van der Waals surface area contributed by atoms with Gasteiger partial charge in [-0.25, -0.2) is 0 Å². The van der Waals surface area contributed by atoms with Crippen LogP contribution in [0.25, 0.3) is 0 Å². The Balaban J connectivity index is 0.00000121. The van der Waals surface area contributed by atoms with Gasteiger partial charge in [-0.05, 0) is 20.8 Å². The molecule has 0 bridgehead atoms. The molecule has 0 amide bonds. The predicted octanol–water partition coefficient (Wildman–Crippen LogP) is -1.26. The van der Waals surface area contributed by atoms with E-state index in [0.717, 1.165) is 11.0 Å². The quantitative estimate of drug-likeness (QED) is 0.495. The summed E-state index contributed by atoms with van der Waals surface area (Å²) in [5.41, 5.74) is 0. The summed E-state index contributed by atoms with van der Waals surface area (Å²) in [6.07, 6.45) is 1.86. The van der Waals surface area contributed by atoms with Crippen molar-refractivity contribution >= 4 is 0 Å². The van der Waals surface area contributed by atoms with Crippen molar-refractivity contribution in [2.45, 2.75) is 20.8 Å². The number of hydrogen-bond acceptors (Lipinski definition) is 1. The summed E-state index contributed by atoms with van der Waals surface area (Å²) in [6.45, 7) is 11.4. The lowest BCUT2D eigenvalue weighted by Gasteiger charge is -2.34. The first-order valence-electron chi connectivity index (χ1n) is 4.47. The molecule has 3 heteroatoms. The van der Waals surface area contributed by atoms with Crippen molar-refractivity contribution < 1.29 is 21.6 Å². The Morgan fingerprint density at radius 3 is 1.83 bits per heavy atom. The number of hydrogen-bond donors (Lipinski definition) is 0. The van der Waals surface area contributed by atoms with Crippen LogP contribution in [0.15, 0.2) is 12.0 Å². The lowest BCUT2D eigenvalue weighted by molar-refractivity contribution is -0.919. The highest BCUT2D eigenvalue weighted by Gasteiger charge is 2.27. The Morgan fingerprint density at radius 2 is 1.58 bits per heavy atom. The molecule has 0 aliphatic carbocycles. The first-order chi connectivity index (χ1) is 5.26. The fourth-order valence-corrected chi connectivity index (χ4v) is 1.45. The van der Waals surface area contributed by atoms with E-state index in [1.54, 1.807) is 0 Å². The van der Waals surface area contributed by atoms with E-state index < -0.39 is 0 Å². The number of nitrogens with zero attached hydrogens (tertiary/aromatic N) is 1. The minimum absolute atomic E-state index is 0. The van der Waals surface area contributed by atoms with Crippen LogP contribution in [-0.2, 0) is 4.74 Å². The van der Waals surface area contributed by atoms with Gasteiger partial charge in [0.15, 0.2) is 5.76 Å². The van der Waals surface area contributed by atoms with E-state index in [1.165, 1.54) is 25.4 Å². The van der Waals surface area contributed by atoms with E-state index in [0.29, 0.717) is 0 Å². The number of ether oxygens (including phenoxy) is 1. The molecule has 1 aliphatic rings. The highest BCUT2D eigenvalue weighted by atomic mass is 35.5. The van der Waals surface area contributed by atoms with Gasteiger partial charge in [-0.1, -0.05) is 0 Å². The van der Waals surface area contributed by atoms with E-state index in [4.69, 9.17) is 4.74 Å². The molecule has 0 radical (unpaired) electrons. The summed E-state index contributed by atoms with van der Waals surface area (Å²) in [6, 6.07) is 0. The zero-order valence-electron chi connectivity index (χ0n) is 8.14. The Kier molecular flexibility index (Phi) is 4.64. The summed E-state index contributed by atoms with van der Waals surface area (Å²) in [7, 11) is 0. The van der Waals surface area contributed by atoms with Crippen LogP contribution < -0.4 is 12.4 Å². The summed E-state index contributed by atoms with van der Waals surface area (Å²) >= 11 is 0. The van der Waals surface area contributed by atoms with Crippen LogP contribution in [0.2, 0.25) is 0 Å². The second-order valence-electron chi connectivity index (χ2n) is 3.15. The van der Waals surface area contributed by atoms with Crippen molar-refractivity contribution in [3.05, 3.63) is 12.0 Å². The summed E-state index contributed by atoms with van der Waals surface area (Å²) in [4.78, 5) is 0. The molecule has 1 aliphatic heterocycles. The van der Waals surface area contributed by atoms with Gasteiger partial charge in [-0.15, -0.1) is 0 Å². The molecule has 0 N–H and O–H groups in total. The normalized spacial score (nSPS) is 14.4. The highest BCUT2D eigenvalue weighted by molar-refractivity contribution is 5.02. The Hall–Kier alpha value is -0.210. The molecule has 2 nitrogen and oxygen atoms in total. The molecule has 12 heavy (non-hydrogen) atoms. The van der Waals surface area contributed by atoms with E-state index in [-0.39, 0.29) is 12.4 Å². The molecular formula is C9H18ClNO. The maximum atomic E-state index is 5.05. The van der Waals surface area contributed by atoms with Crippen molar-refractivity contribution in [2.75, 3.05) is 26.2 Å². The lowest BCUT2D eigenvalue weighted by atomic mass is 10.3. The van der Waals surface area contributed by atoms with Gasteiger partial charge in [0.05, 0.1) is 19.6 Å². The van der Waals surface area contributed by atoms with Crippen molar-refractivity contribution in [3.8, 4) is 0 Å². The Morgan fingerprint density at radius 1 is 1.17 bits per heavy atom. The minimum Gasteiger partial charge on any atom is -1.00 e. The van der Waals surface area contributed by atoms with Crippen LogP contribution in [0.5, 0.6) is 0 Å². The molecule has 0 saturated heterocycles. The average Bonchev–Trinajstić information content (AvgIpc) is 2.84. The molecule has 0 spiro atoms. The number of likely N-dealkylation sites (N-methyl/N-ethyl adjacent to an activating group) is 1. The van der Waals surface area contributed by atoms with E-state index in [2.05, 4.69) is 20.8 Å².